The minimum Gasteiger partial charge on any atom is -0.356 e. The van der Waals surface area contributed by atoms with Crippen LogP contribution in [0.3, 0.4) is 0 Å². The van der Waals surface area contributed by atoms with Gasteiger partial charge in [0.2, 0.25) is 11.8 Å². The molecule has 0 unspecified atom stereocenters. The average molecular weight is 321 g/mol. The maximum Gasteiger partial charge on any atom is 0.322 e. The molecule has 3 N–H and O–H groups in total. The van der Waals surface area contributed by atoms with Crippen molar-refractivity contribution in [2.75, 3.05) is 6.54 Å². The average Bonchev–Trinajstić information content (AvgIpc) is 3.21. The van der Waals surface area contributed by atoms with E-state index in [1.165, 1.54) is 12.8 Å². The smallest absolute Gasteiger partial charge is 0.322 e. The van der Waals surface area contributed by atoms with Gasteiger partial charge in [0.1, 0.15) is 6.04 Å². The van der Waals surface area contributed by atoms with Crippen LogP contribution in [0.5, 0.6) is 0 Å². The van der Waals surface area contributed by atoms with Crippen molar-refractivity contribution in [2.45, 2.75) is 50.5 Å². The first-order valence-electron chi connectivity index (χ1n) is 7.82. The van der Waals surface area contributed by atoms with Crippen LogP contribution in [0.25, 0.3) is 0 Å². The van der Waals surface area contributed by atoms with E-state index in [9.17, 15) is 14.4 Å². The summed E-state index contributed by atoms with van der Waals surface area (Å²) in [6, 6.07) is -1.37. The number of urea groups is 1. The molecule has 1 saturated carbocycles. The highest BCUT2D eigenvalue weighted by atomic mass is 16.5. The van der Waals surface area contributed by atoms with Crippen LogP contribution in [0.4, 0.5) is 4.79 Å². The van der Waals surface area contributed by atoms with Crippen LogP contribution in [-0.2, 0) is 16.0 Å². The molecule has 3 rings (SSSR count). The van der Waals surface area contributed by atoms with Gasteiger partial charge in [0.05, 0.1) is 6.42 Å². The molecule has 2 aliphatic rings. The molecule has 1 aliphatic heterocycles. The summed E-state index contributed by atoms with van der Waals surface area (Å²) in [6.45, 7) is 0.352. The van der Waals surface area contributed by atoms with Gasteiger partial charge >= 0.3 is 6.03 Å². The highest BCUT2D eigenvalue weighted by Gasteiger charge is 2.31. The number of nitrogens with one attached hydrogen (secondary N) is 3. The molecule has 9 heteroatoms. The second kappa shape index (κ2) is 6.76. The Balaban J connectivity index is 1.40. The second-order valence-corrected chi connectivity index (χ2v) is 5.85. The number of nitrogens with zero attached hydrogens (tertiary/aromatic N) is 2. The largest absolute Gasteiger partial charge is 0.356 e. The molecule has 1 atom stereocenters. The molecule has 1 aromatic heterocycles. The van der Waals surface area contributed by atoms with Gasteiger partial charge in [-0.2, -0.15) is 4.98 Å². The van der Waals surface area contributed by atoms with E-state index >= 15 is 0 Å². The Morgan fingerprint density at radius 2 is 2.09 bits per heavy atom. The number of carbonyl (C=O) groups is 3. The quantitative estimate of drug-likeness (QED) is 0.632. The third-order valence-electron chi connectivity index (χ3n) is 4.11. The lowest BCUT2D eigenvalue weighted by Crippen LogP contribution is -2.36. The predicted octanol–water partition coefficient (Wildman–Crippen LogP) is -0.0160. The zero-order valence-electron chi connectivity index (χ0n) is 12.6. The number of carbonyl (C=O) groups excluding carboxylic acids is 3. The first-order chi connectivity index (χ1) is 11.1. The van der Waals surface area contributed by atoms with E-state index in [2.05, 4.69) is 26.1 Å². The molecule has 9 nitrogen and oxygen atoms in total. The zero-order chi connectivity index (χ0) is 16.2. The molecule has 124 valence electrons. The third kappa shape index (κ3) is 3.85. The Labute approximate surface area is 132 Å². The van der Waals surface area contributed by atoms with E-state index in [1.807, 2.05) is 0 Å². The minimum absolute atomic E-state index is 0.0862. The van der Waals surface area contributed by atoms with Gasteiger partial charge in [-0.3, -0.25) is 14.9 Å². The van der Waals surface area contributed by atoms with Crippen LogP contribution < -0.4 is 16.0 Å². The normalized spacial score (nSPS) is 21.3. The number of aromatic nitrogens is 2. The van der Waals surface area contributed by atoms with Crippen LogP contribution in [0.2, 0.25) is 0 Å². The van der Waals surface area contributed by atoms with Gasteiger partial charge in [0.25, 0.3) is 5.91 Å². The number of imide groups is 1. The molecule has 0 spiro atoms. The van der Waals surface area contributed by atoms with Gasteiger partial charge in [-0.15, -0.1) is 0 Å². The van der Waals surface area contributed by atoms with Gasteiger partial charge in [0.15, 0.2) is 5.82 Å². The van der Waals surface area contributed by atoms with Crippen molar-refractivity contribution in [3.05, 3.63) is 11.7 Å². The molecular weight excluding hydrogens is 302 g/mol. The summed E-state index contributed by atoms with van der Waals surface area (Å²) >= 11 is 0. The fraction of sp³-hybridized carbons (Fsp3) is 0.643. The molecule has 1 saturated heterocycles. The fourth-order valence-electron chi connectivity index (χ4n) is 2.88. The van der Waals surface area contributed by atoms with Gasteiger partial charge in [-0.05, 0) is 12.8 Å². The molecule has 0 aromatic carbocycles. The summed E-state index contributed by atoms with van der Waals surface area (Å²) in [4.78, 5) is 38.4. The SMILES string of the molecule is O=C(C[C@@H]1NC(=O)NC1=O)NCCc1noc(C2CCCC2)n1. The van der Waals surface area contributed by atoms with Gasteiger partial charge < -0.3 is 15.2 Å². The highest BCUT2D eigenvalue weighted by Crippen LogP contribution is 2.32. The highest BCUT2D eigenvalue weighted by molar-refractivity contribution is 6.05. The van der Waals surface area contributed by atoms with Crippen molar-refractivity contribution in [1.29, 1.82) is 0 Å². The van der Waals surface area contributed by atoms with Gasteiger partial charge in [0, 0.05) is 18.9 Å². The number of hydrogen-bond donors (Lipinski definition) is 3. The van der Waals surface area contributed by atoms with Crippen molar-refractivity contribution in [2.24, 2.45) is 0 Å². The van der Waals surface area contributed by atoms with E-state index in [-0.39, 0.29) is 12.3 Å². The topological polar surface area (TPSA) is 126 Å². The van der Waals surface area contributed by atoms with E-state index in [0.717, 1.165) is 12.8 Å². The lowest BCUT2D eigenvalue weighted by Gasteiger charge is -2.07. The van der Waals surface area contributed by atoms with Gasteiger partial charge in [-0.1, -0.05) is 18.0 Å². The molecule has 2 fully saturated rings. The second-order valence-electron chi connectivity index (χ2n) is 5.85. The molecule has 1 aliphatic carbocycles. The van der Waals surface area contributed by atoms with E-state index < -0.39 is 18.0 Å². The monoisotopic (exact) mass is 321 g/mol. The maximum atomic E-state index is 11.7. The summed E-state index contributed by atoms with van der Waals surface area (Å²) < 4.78 is 5.27. The van der Waals surface area contributed by atoms with Crippen LogP contribution in [-0.4, -0.2) is 40.6 Å². The lowest BCUT2D eigenvalue weighted by molar-refractivity contribution is -0.126. The van der Waals surface area contributed by atoms with E-state index in [1.54, 1.807) is 0 Å². The third-order valence-corrected chi connectivity index (χ3v) is 4.11. The fourth-order valence-corrected chi connectivity index (χ4v) is 2.88. The summed E-state index contributed by atoms with van der Waals surface area (Å²) in [5.41, 5.74) is 0. The van der Waals surface area contributed by atoms with Crippen molar-refractivity contribution in [3.8, 4) is 0 Å². The molecule has 0 radical (unpaired) electrons. The first-order valence-corrected chi connectivity index (χ1v) is 7.82. The van der Waals surface area contributed by atoms with Crippen LogP contribution >= 0.6 is 0 Å². The Morgan fingerprint density at radius 3 is 2.78 bits per heavy atom. The van der Waals surface area contributed by atoms with Gasteiger partial charge in [-0.25, -0.2) is 4.79 Å². The lowest BCUT2D eigenvalue weighted by atomic mass is 10.1. The summed E-state index contributed by atoms with van der Waals surface area (Å²) in [5.74, 6) is 0.833. The molecule has 1 aromatic rings. The minimum atomic E-state index is -0.804. The zero-order valence-corrected chi connectivity index (χ0v) is 12.6. The predicted molar refractivity (Wildman–Crippen MR) is 77.3 cm³/mol. The summed E-state index contributed by atoms with van der Waals surface area (Å²) in [6.07, 6.45) is 4.96. The Hall–Kier alpha value is -2.45. The number of hydrogen-bond acceptors (Lipinski definition) is 6. The Bertz CT molecular complexity index is 608. The molecule has 23 heavy (non-hydrogen) atoms. The van der Waals surface area contributed by atoms with Crippen LogP contribution in [0, 0.1) is 0 Å². The maximum absolute atomic E-state index is 11.7. The number of rotatable bonds is 6. The standard InChI is InChI=1S/C14H19N5O4/c20-11(7-9-12(21)18-14(22)16-9)15-6-5-10-17-13(23-19-10)8-3-1-2-4-8/h8-9H,1-7H2,(H,15,20)(H2,16,18,21,22)/t9-/m0/s1. The summed E-state index contributed by atoms with van der Waals surface area (Å²) in [5, 5.41) is 11.1. The Morgan fingerprint density at radius 1 is 1.30 bits per heavy atom. The van der Waals surface area contributed by atoms with Crippen LogP contribution in [0.15, 0.2) is 4.52 Å². The van der Waals surface area contributed by atoms with Crippen molar-refractivity contribution < 1.29 is 18.9 Å². The molecule has 0 bridgehead atoms. The van der Waals surface area contributed by atoms with Crippen LogP contribution in [0.1, 0.15) is 49.7 Å². The molecule has 2 heterocycles. The van der Waals surface area contributed by atoms with E-state index in [4.69, 9.17) is 4.52 Å². The Kier molecular flexibility index (Phi) is 4.54. The first kappa shape index (κ1) is 15.4. The van der Waals surface area contributed by atoms with Crippen molar-refractivity contribution >= 4 is 17.8 Å². The number of amides is 4. The van der Waals surface area contributed by atoms with Crippen molar-refractivity contribution in [1.82, 2.24) is 26.1 Å². The molecule has 4 amide bonds. The molecular formula is C14H19N5O4. The summed E-state index contributed by atoms with van der Waals surface area (Å²) in [7, 11) is 0. The van der Waals surface area contributed by atoms with Crippen molar-refractivity contribution in [3.63, 3.8) is 0 Å². The van der Waals surface area contributed by atoms with E-state index in [0.29, 0.717) is 30.6 Å².